The van der Waals surface area contributed by atoms with Gasteiger partial charge in [-0.05, 0) is 37.1 Å². The van der Waals surface area contributed by atoms with E-state index < -0.39 is 0 Å². The first-order valence-electron chi connectivity index (χ1n) is 3.50. The third-order valence-corrected chi connectivity index (χ3v) is 2.34. The Labute approximate surface area is 69.1 Å². The van der Waals surface area contributed by atoms with E-state index in [1.165, 1.54) is 0 Å². The van der Waals surface area contributed by atoms with Gasteiger partial charge in [-0.1, -0.05) is 0 Å². The predicted molar refractivity (Wildman–Crippen MR) is 47.6 cm³/mol. The molecule has 1 atom stereocenters. The van der Waals surface area contributed by atoms with Gasteiger partial charge in [-0.3, -0.25) is 0 Å². The SMILES string of the molecule is CS(=S)OC1CCNCC1. The van der Waals surface area contributed by atoms with Crippen molar-refractivity contribution in [3.63, 3.8) is 0 Å². The summed E-state index contributed by atoms with van der Waals surface area (Å²) in [6.45, 7) is 2.16. The summed E-state index contributed by atoms with van der Waals surface area (Å²) >= 11 is 4.94. The average Bonchev–Trinajstić information content (AvgIpc) is 1.88. The summed E-state index contributed by atoms with van der Waals surface area (Å²) in [4.78, 5) is 0. The fourth-order valence-electron chi connectivity index (χ4n) is 1.08. The van der Waals surface area contributed by atoms with E-state index in [-0.39, 0.29) is 9.74 Å². The fourth-order valence-corrected chi connectivity index (χ4v) is 1.99. The van der Waals surface area contributed by atoms with Crippen molar-refractivity contribution in [2.45, 2.75) is 18.9 Å². The van der Waals surface area contributed by atoms with Crippen LogP contribution in [0, 0.1) is 0 Å². The van der Waals surface area contributed by atoms with Crippen molar-refractivity contribution in [2.75, 3.05) is 19.3 Å². The lowest BCUT2D eigenvalue weighted by molar-refractivity contribution is 0.192. The van der Waals surface area contributed by atoms with Crippen molar-refractivity contribution in [3.8, 4) is 0 Å². The summed E-state index contributed by atoms with van der Waals surface area (Å²) in [6.07, 6.45) is 4.60. The van der Waals surface area contributed by atoms with E-state index in [0.717, 1.165) is 25.9 Å². The molecule has 0 amide bonds. The molecule has 10 heavy (non-hydrogen) atoms. The molecule has 1 aliphatic rings. The first-order valence-corrected chi connectivity index (χ1v) is 5.98. The second-order valence-electron chi connectivity index (χ2n) is 2.45. The Balaban J connectivity index is 2.19. The van der Waals surface area contributed by atoms with Crippen LogP contribution in [0.1, 0.15) is 12.8 Å². The van der Waals surface area contributed by atoms with Gasteiger partial charge in [0, 0.05) is 16.0 Å². The summed E-state index contributed by atoms with van der Waals surface area (Å²) in [5.41, 5.74) is 0. The van der Waals surface area contributed by atoms with Gasteiger partial charge in [-0.25, -0.2) is 0 Å². The van der Waals surface area contributed by atoms with Crippen LogP contribution in [0.3, 0.4) is 0 Å². The smallest absolute Gasteiger partial charge is 0.0749 e. The Bertz CT molecular complexity index is 123. The van der Waals surface area contributed by atoms with Crippen LogP contribution in [0.5, 0.6) is 0 Å². The topological polar surface area (TPSA) is 21.3 Å². The first kappa shape index (κ1) is 8.59. The van der Waals surface area contributed by atoms with Gasteiger partial charge in [0.15, 0.2) is 0 Å². The average molecular weight is 179 g/mol. The summed E-state index contributed by atoms with van der Waals surface area (Å²) in [7, 11) is -0.258. The number of nitrogens with one attached hydrogen (secondary N) is 1. The van der Waals surface area contributed by atoms with Gasteiger partial charge < -0.3 is 9.50 Å². The van der Waals surface area contributed by atoms with E-state index in [4.69, 9.17) is 15.4 Å². The lowest BCUT2D eigenvalue weighted by Crippen LogP contribution is -2.32. The van der Waals surface area contributed by atoms with Gasteiger partial charge in [0.25, 0.3) is 0 Å². The van der Waals surface area contributed by atoms with Crippen molar-refractivity contribution in [1.82, 2.24) is 5.32 Å². The summed E-state index contributed by atoms with van der Waals surface area (Å²) in [5, 5.41) is 3.28. The van der Waals surface area contributed by atoms with Crippen LogP contribution < -0.4 is 5.32 Å². The van der Waals surface area contributed by atoms with Crippen LogP contribution >= 0.6 is 0 Å². The summed E-state index contributed by atoms with van der Waals surface area (Å²) < 4.78 is 5.49. The van der Waals surface area contributed by atoms with Crippen LogP contribution in [0.15, 0.2) is 0 Å². The maximum atomic E-state index is 5.49. The molecule has 60 valence electrons. The molecule has 1 fully saturated rings. The molecule has 1 unspecified atom stereocenters. The van der Waals surface area contributed by atoms with Crippen molar-refractivity contribution in [3.05, 3.63) is 0 Å². The molecule has 1 heterocycles. The molecule has 0 saturated carbocycles. The van der Waals surface area contributed by atoms with Crippen molar-refractivity contribution in [1.29, 1.82) is 0 Å². The Morgan fingerprint density at radius 3 is 2.60 bits per heavy atom. The fraction of sp³-hybridized carbons (Fsp3) is 1.00. The molecule has 1 saturated heterocycles. The number of piperidine rings is 1. The molecular formula is C6H13NOS2. The van der Waals surface area contributed by atoms with E-state index in [2.05, 4.69) is 5.32 Å². The molecule has 1 aliphatic heterocycles. The van der Waals surface area contributed by atoms with Gasteiger partial charge in [-0.15, -0.1) is 0 Å². The van der Waals surface area contributed by atoms with E-state index >= 15 is 0 Å². The van der Waals surface area contributed by atoms with Crippen LogP contribution in [-0.4, -0.2) is 25.4 Å². The monoisotopic (exact) mass is 179 g/mol. The molecule has 1 N–H and O–H groups in total. The van der Waals surface area contributed by atoms with Gasteiger partial charge >= 0.3 is 0 Å². The van der Waals surface area contributed by atoms with E-state index in [0.29, 0.717) is 6.10 Å². The maximum Gasteiger partial charge on any atom is 0.0749 e. The third-order valence-electron chi connectivity index (χ3n) is 1.56. The zero-order valence-corrected chi connectivity index (χ0v) is 7.76. The minimum absolute atomic E-state index is 0.258. The van der Waals surface area contributed by atoms with Gasteiger partial charge in [0.2, 0.25) is 0 Å². The molecule has 0 aromatic rings. The van der Waals surface area contributed by atoms with Crippen LogP contribution in [-0.2, 0) is 25.1 Å². The maximum absolute atomic E-state index is 5.49. The highest BCUT2D eigenvalue weighted by Gasteiger charge is 2.13. The summed E-state index contributed by atoms with van der Waals surface area (Å²) in [6, 6.07) is 0. The zero-order valence-electron chi connectivity index (χ0n) is 6.13. The molecule has 0 aromatic heterocycles. The van der Waals surface area contributed by atoms with Gasteiger partial charge in [0.05, 0.1) is 6.10 Å². The first-order chi connectivity index (χ1) is 4.79. The Hall–Kier alpha value is 0.490. The lowest BCUT2D eigenvalue weighted by Gasteiger charge is -2.21. The van der Waals surface area contributed by atoms with Gasteiger partial charge in [-0.2, -0.15) is 0 Å². The van der Waals surface area contributed by atoms with Crippen molar-refractivity contribution >= 4 is 20.9 Å². The molecule has 0 aromatic carbocycles. The second-order valence-corrected chi connectivity index (χ2v) is 4.85. The highest BCUT2D eigenvalue weighted by molar-refractivity contribution is 8.25. The molecule has 1 rings (SSSR count). The highest BCUT2D eigenvalue weighted by Crippen LogP contribution is 2.07. The second kappa shape index (κ2) is 4.38. The van der Waals surface area contributed by atoms with Crippen molar-refractivity contribution in [2.24, 2.45) is 0 Å². The quantitative estimate of drug-likeness (QED) is 0.662. The predicted octanol–water partition coefficient (Wildman–Crippen LogP) is 0.380. The molecule has 0 bridgehead atoms. The third kappa shape index (κ3) is 3.05. The van der Waals surface area contributed by atoms with Crippen molar-refractivity contribution < 1.29 is 4.18 Å². The van der Waals surface area contributed by atoms with E-state index in [1.54, 1.807) is 0 Å². The largest absolute Gasteiger partial charge is 0.317 e. The van der Waals surface area contributed by atoms with E-state index in [9.17, 15) is 0 Å². The molecule has 0 spiro atoms. The summed E-state index contributed by atoms with van der Waals surface area (Å²) in [5.74, 6) is 0. The van der Waals surface area contributed by atoms with Crippen LogP contribution in [0.25, 0.3) is 0 Å². The zero-order chi connectivity index (χ0) is 7.40. The Kier molecular flexibility index (Phi) is 3.76. The number of rotatable bonds is 2. The molecule has 4 heteroatoms. The Morgan fingerprint density at radius 2 is 2.10 bits per heavy atom. The van der Waals surface area contributed by atoms with Crippen LogP contribution in [0.2, 0.25) is 0 Å². The van der Waals surface area contributed by atoms with Gasteiger partial charge in [0.1, 0.15) is 0 Å². The van der Waals surface area contributed by atoms with E-state index in [1.807, 2.05) is 6.26 Å². The highest BCUT2D eigenvalue weighted by atomic mass is 32.8. The molecule has 0 radical (unpaired) electrons. The number of hydrogen-bond acceptors (Lipinski definition) is 3. The number of hydrogen-bond donors (Lipinski definition) is 1. The molecule has 0 aliphatic carbocycles. The lowest BCUT2D eigenvalue weighted by atomic mass is 10.1. The molecule has 2 nitrogen and oxygen atoms in total. The minimum Gasteiger partial charge on any atom is -0.317 e. The minimum atomic E-state index is -0.258. The Morgan fingerprint density at radius 1 is 1.50 bits per heavy atom. The van der Waals surface area contributed by atoms with Crippen LogP contribution in [0.4, 0.5) is 0 Å². The standard InChI is InChI=1S/C6H13NOS2/c1-10(9)8-6-2-4-7-5-3-6/h6-7H,2-5H2,1H3. The molecular weight excluding hydrogens is 166 g/mol. The normalized spacial score (nSPS) is 24.5.